The molecule has 5 nitrogen and oxygen atoms in total. The third-order valence-electron chi connectivity index (χ3n) is 4.22. The maximum atomic E-state index is 12.7. The molecule has 1 fully saturated rings. The smallest absolute Gasteiger partial charge is 0.307 e. The summed E-state index contributed by atoms with van der Waals surface area (Å²) in [4.78, 5) is 28.2. The molecule has 0 unspecified atom stereocenters. The summed E-state index contributed by atoms with van der Waals surface area (Å²) in [6.45, 7) is 3.24. The van der Waals surface area contributed by atoms with Crippen LogP contribution in [0.2, 0.25) is 0 Å². The number of para-hydroxylation sites is 1. The molecule has 1 saturated heterocycles. The van der Waals surface area contributed by atoms with E-state index in [2.05, 4.69) is 0 Å². The van der Waals surface area contributed by atoms with Gasteiger partial charge in [-0.2, -0.15) is 0 Å². The van der Waals surface area contributed by atoms with Crippen molar-refractivity contribution in [1.29, 1.82) is 0 Å². The van der Waals surface area contributed by atoms with E-state index in [9.17, 15) is 9.59 Å². The first kappa shape index (κ1) is 17.3. The summed E-state index contributed by atoms with van der Waals surface area (Å²) in [5.41, 5.74) is 1.01. The van der Waals surface area contributed by atoms with Crippen LogP contribution in [0.15, 0.2) is 30.3 Å². The van der Waals surface area contributed by atoms with Crippen LogP contribution in [0.5, 0.6) is 0 Å². The van der Waals surface area contributed by atoms with E-state index in [1.807, 2.05) is 47.2 Å². The molecule has 0 radical (unpaired) electrons. The number of esters is 1. The highest BCUT2D eigenvalue weighted by molar-refractivity contribution is 5.82. The van der Waals surface area contributed by atoms with Crippen LogP contribution in [-0.2, 0) is 14.3 Å². The van der Waals surface area contributed by atoms with Gasteiger partial charge < -0.3 is 14.5 Å². The van der Waals surface area contributed by atoms with Gasteiger partial charge in [0.1, 0.15) is 0 Å². The molecular formula is C18H26N2O3. The third kappa shape index (κ3) is 4.98. The summed E-state index contributed by atoms with van der Waals surface area (Å²) in [6, 6.07) is 9.82. The first-order valence-electron chi connectivity index (χ1n) is 8.33. The fourth-order valence-corrected chi connectivity index (χ4v) is 3.02. The van der Waals surface area contributed by atoms with Gasteiger partial charge >= 0.3 is 5.97 Å². The highest BCUT2D eigenvalue weighted by Gasteiger charge is 2.29. The van der Waals surface area contributed by atoms with Crippen LogP contribution in [0, 0.1) is 0 Å². The Kier molecular flexibility index (Phi) is 6.44. The van der Waals surface area contributed by atoms with Gasteiger partial charge in [-0.3, -0.25) is 9.59 Å². The zero-order chi connectivity index (χ0) is 16.7. The van der Waals surface area contributed by atoms with Gasteiger partial charge in [-0.25, -0.2) is 0 Å². The number of rotatable bonds is 6. The van der Waals surface area contributed by atoms with E-state index in [0.717, 1.165) is 31.5 Å². The normalized spacial score (nSPS) is 17.7. The molecule has 126 valence electrons. The lowest BCUT2D eigenvalue weighted by atomic mass is 9.99. The average Bonchev–Trinajstić information content (AvgIpc) is 2.56. The molecule has 0 aromatic heterocycles. The van der Waals surface area contributed by atoms with Crippen molar-refractivity contribution in [2.24, 2.45) is 0 Å². The number of likely N-dealkylation sites (N-methyl/N-ethyl adjacent to an activating group) is 1. The molecule has 2 rings (SSSR count). The summed E-state index contributed by atoms with van der Waals surface area (Å²) >= 11 is 0. The molecule has 1 aromatic carbocycles. The minimum absolute atomic E-state index is 0.0283. The Labute approximate surface area is 138 Å². The molecule has 1 aliphatic heterocycles. The molecule has 23 heavy (non-hydrogen) atoms. The van der Waals surface area contributed by atoms with Gasteiger partial charge in [-0.1, -0.05) is 18.2 Å². The molecule has 1 heterocycles. The van der Waals surface area contributed by atoms with E-state index < -0.39 is 0 Å². The van der Waals surface area contributed by atoms with Gasteiger partial charge in [0.25, 0.3) is 0 Å². The van der Waals surface area contributed by atoms with Gasteiger partial charge in [0, 0.05) is 25.3 Å². The molecule has 0 bridgehead atoms. The predicted molar refractivity (Wildman–Crippen MR) is 90.3 cm³/mol. The summed E-state index contributed by atoms with van der Waals surface area (Å²) in [5.74, 6) is -0.140. The van der Waals surface area contributed by atoms with Crippen molar-refractivity contribution in [3.05, 3.63) is 30.3 Å². The molecule has 5 heteroatoms. The second kappa shape index (κ2) is 8.56. The van der Waals surface area contributed by atoms with Crippen molar-refractivity contribution in [3.63, 3.8) is 0 Å². The first-order chi connectivity index (χ1) is 11.1. The van der Waals surface area contributed by atoms with Crippen molar-refractivity contribution >= 4 is 17.6 Å². The lowest BCUT2D eigenvalue weighted by molar-refractivity contribution is -0.146. The van der Waals surface area contributed by atoms with Crippen LogP contribution in [0.4, 0.5) is 5.69 Å². The number of carbonyl (C=O) groups is 2. The molecule has 1 aromatic rings. The van der Waals surface area contributed by atoms with Crippen LogP contribution in [-0.4, -0.2) is 49.6 Å². The molecule has 1 amide bonds. The molecular weight excluding hydrogens is 292 g/mol. The largest absolute Gasteiger partial charge is 0.466 e. The molecule has 0 aliphatic carbocycles. The Morgan fingerprint density at radius 1 is 1.26 bits per heavy atom. The lowest BCUT2D eigenvalue weighted by Gasteiger charge is -2.36. The lowest BCUT2D eigenvalue weighted by Crippen LogP contribution is -2.48. The number of likely N-dealkylation sites (tertiary alicyclic amines) is 1. The summed E-state index contributed by atoms with van der Waals surface area (Å²) < 4.78 is 5.04. The second-order valence-corrected chi connectivity index (χ2v) is 5.94. The van der Waals surface area contributed by atoms with Gasteiger partial charge in [-0.15, -0.1) is 0 Å². The van der Waals surface area contributed by atoms with E-state index in [1.165, 1.54) is 0 Å². The first-order valence-corrected chi connectivity index (χ1v) is 8.33. The molecule has 0 saturated carbocycles. The number of benzene rings is 1. The fraction of sp³-hybridized carbons (Fsp3) is 0.556. The zero-order valence-electron chi connectivity index (χ0n) is 14.0. The van der Waals surface area contributed by atoms with Crippen molar-refractivity contribution in [2.45, 2.75) is 38.6 Å². The van der Waals surface area contributed by atoms with Crippen molar-refractivity contribution in [1.82, 2.24) is 4.90 Å². The number of amides is 1. The SMILES string of the molecule is CCOC(=O)C[C@H]1CCCCN1C(=O)CN(C)c1ccccc1. The Morgan fingerprint density at radius 3 is 2.70 bits per heavy atom. The van der Waals surface area contributed by atoms with Crippen LogP contribution >= 0.6 is 0 Å². The molecule has 1 aliphatic rings. The number of hydrogen-bond donors (Lipinski definition) is 0. The van der Waals surface area contributed by atoms with Gasteiger partial charge in [-0.05, 0) is 38.3 Å². The number of ether oxygens (including phenoxy) is 1. The monoisotopic (exact) mass is 318 g/mol. The number of piperidine rings is 1. The van der Waals surface area contributed by atoms with E-state index in [1.54, 1.807) is 6.92 Å². The van der Waals surface area contributed by atoms with Crippen molar-refractivity contribution in [2.75, 3.05) is 31.6 Å². The Bertz CT molecular complexity index is 518. The van der Waals surface area contributed by atoms with Gasteiger partial charge in [0.05, 0.1) is 19.6 Å². The van der Waals surface area contributed by atoms with E-state index in [4.69, 9.17) is 4.74 Å². The Balaban J connectivity index is 1.96. The molecule has 0 N–H and O–H groups in total. The summed E-state index contributed by atoms with van der Waals surface area (Å²) in [7, 11) is 1.91. The number of carbonyl (C=O) groups excluding carboxylic acids is 2. The van der Waals surface area contributed by atoms with Gasteiger partial charge in [0.2, 0.25) is 5.91 Å². The van der Waals surface area contributed by atoms with Crippen LogP contribution in [0.25, 0.3) is 0 Å². The van der Waals surface area contributed by atoms with E-state index >= 15 is 0 Å². The van der Waals surface area contributed by atoms with Crippen molar-refractivity contribution in [3.8, 4) is 0 Å². The highest BCUT2D eigenvalue weighted by atomic mass is 16.5. The van der Waals surface area contributed by atoms with Gasteiger partial charge in [0.15, 0.2) is 0 Å². The predicted octanol–water partition coefficient (Wildman–Crippen LogP) is 2.46. The summed E-state index contributed by atoms with van der Waals surface area (Å²) in [5, 5.41) is 0. The quantitative estimate of drug-likeness (QED) is 0.756. The topological polar surface area (TPSA) is 49.9 Å². The highest BCUT2D eigenvalue weighted by Crippen LogP contribution is 2.21. The minimum atomic E-state index is -0.214. The van der Waals surface area contributed by atoms with E-state index in [0.29, 0.717) is 19.6 Å². The third-order valence-corrected chi connectivity index (χ3v) is 4.22. The number of hydrogen-bond acceptors (Lipinski definition) is 4. The standard InChI is InChI=1S/C18H26N2O3/c1-3-23-18(22)13-16-11-7-8-12-20(16)17(21)14-19(2)15-9-5-4-6-10-15/h4-6,9-10,16H,3,7-8,11-14H2,1-2H3/t16-/m1/s1. The maximum absolute atomic E-state index is 12.7. The van der Waals surface area contributed by atoms with Crippen molar-refractivity contribution < 1.29 is 14.3 Å². The number of nitrogens with zero attached hydrogens (tertiary/aromatic N) is 2. The second-order valence-electron chi connectivity index (χ2n) is 5.94. The van der Waals surface area contributed by atoms with Crippen LogP contribution in [0.1, 0.15) is 32.6 Å². The molecule has 0 spiro atoms. The zero-order valence-corrected chi connectivity index (χ0v) is 14.0. The Hall–Kier alpha value is -2.04. The Morgan fingerprint density at radius 2 is 2.00 bits per heavy atom. The maximum Gasteiger partial charge on any atom is 0.307 e. The van der Waals surface area contributed by atoms with Crippen LogP contribution < -0.4 is 4.90 Å². The fourth-order valence-electron chi connectivity index (χ4n) is 3.02. The summed E-state index contributed by atoms with van der Waals surface area (Å²) in [6.07, 6.45) is 3.23. The van der Waals surface area contributed by atoms with Crippen LogP contribution in [0.3, 0.4) is 0 Å². The molecule has 1 atom stereocenters. The number of anilines is 1. The average molecular weight is 318 g/mol. The van der Waals surface area contributed by atoms with E-state index in [-0.39, 0.29) is 17.9 Å². The minimum Gasteiger partial charge on any atom is -0.466 e.